The summed E-state index contributed by atoms with van der Waals surface area (Å²) in [5.41, 5.74) is -2.07. The van der Waals surface area contributed by atoms with Crippen molar-refractivity contribution < 1.29 is 41.4 Å². The highest BCUT2D eigenvalue weighted by Crippen LogP contribution is 2.21. The van der Waals surface area contributed by atoms with Gasteiger partial charge in [0.05, 0.1) is 12.2 Å². The predicted molar refractivity (Wildman–Crippen MR) is 93.2 cm³/mol. The lowest BCUT2D eigenvalue weighted by Crippen LogP contribution is -2.33. The summed E-state index contributed by atoms with van der Waals surface area (Å²) in [4.78, 5) is 36.4. The van der Waals surface area contributed by atoms with Crippen LogP contribution in [0.4, 0.5) is 22.4 Å². The standard InChI is InChI=1S/C18H20F4N2O5/c1-6-28-16(26)10(8-23-24(5)17(27)29-18(2,3)4)15(25)9-7-11(19)13(21)14(22)12(9)20/h7-8,10H,6H2,1-5H3. The second-order valence-electron chi connectivity index (χ2n) is 6.71. The summed E-state index contributed by atoms with van der Waals surface area (Å²) in [5.74, 6) is -12.7. The maximum Gasteiger partial charge on any atom is 0.430 e. The average molecular weight is 420 g/mol. The smallest absolute Gasteiger partial charge is 0.430 e. The number of amides is 1. The molecule has 1 rings (SSSR count). The molecule has 160 valence electrons. The number of carbonyl (C=O) groups is 3. The minimum absolute atomic E-state index is 0.119. The van der Waals surface area contributed by atoms with Crippen LogP contribution in [0, 0.1) is 29.2 Å². The number of Topliss-reactive ketones (excluding diaryl/α,β-unsaturated/α-hetero) is 1. The van der Waals surface area contributed by atoms with Crippen LogP contribution in [0.1, 0.15) is 38.1 Å². The zero-order valence-electron chi connectivity index (χ0n) is 16.4. The van der Waals surface area contributed by atoms with Gasteiger partial charge >= 0.3 is 12.1 Å². The fourth-order valence-electron chi connectivity index (χ4n) is 1.93. The molecule has 1 amide bonds. The van der Waals surface area contributed by atoms with Crippen molar-refractivity contribution in [2.45, 2.75) is 33.3 Å². The molecule has 0 heterocycles. The van der Waals surface area contributed by atoms with Crippen LogP contribution in [0.15, 0.2) is 11.2 Å². The SMILES string of the molecule is CCOC(=O)C(C=NN(C)C(=O)OC(C)(C)C)C(=O)c1cc(F)c(F)c(F)c1F. The fraction of sp³-hybridized carbons (Fsp3) is 0.444. The number of esters is 1. The van der Waals surface area contributed by atoms with Crippen molar-refractivity contribution in [3.8, 4) is 0 Å². The number of nitrogens with zero attached hydrogens (tertiary/aromatic N) is 2. The molecule has 0 fully saturated rings. The number of carbonyl (C=O) groups excluding carboxylic acids is 3. The third kappa shape index (κ3) is 6.26. The molecule has 1 unspecified atom stereocenters. The van der Waals surface area contributed by atoms with Gasteiger partial charge in [-0.1, -0.05) is 0 Å². The van der Waals surface area contributed by atoms with Gasteiger partial charge < -0.3 is 9.47 Å². The lowest BCUT2D eigenvalue weighted by Gasteiger charge is -2.22. The van der Waals surface area contributed by atoms with Crippen molar-refractivity contribution in [2.75, 3.05) is 13.7 Å². The van der Waals surface area contributed by atoms with Crippen LogP contribution in [-0.4, -0.2) is 48.3 Å². The summed E-state index contributed by atoms with van der Waals surface area (Å²) in [7, 11) is 1.15. The summed E-state index contributed by atoms with van der Waals surface area (Å²) < 4.78 is 63.6. The van der Waals surface area contributed by atoms with Crippen molar-refractivity contribution in [3.63, 3.8) is 0 Å². The molecule has 0 aromatic heterocycles. The van der Waals surface area contributed by atoms with Crippen LogP contribution in [0.2, 0.25) is 0 Å². The number of ether oxygens (including phenoxy) is 2. The highest BCUT2D eigenvalue weighted by Gasteiger charge is 2.33. The molecule has 1 aromatic rings. The van der Waals surface area contributed by atoms with E-state index >= 15 is 0 Å². The number of ketones is 1. The molecule has 11 heteroatoms. The monoisotopic (exact) mass is 420 g/mol. The summed E-state index contributed by atoms with van der Waals surface area (Å²) in [5, 5.41) is 4.22. The van der Waals surface area contributed by atoms with Gasteiger partial charge in [0, 0.05) is 13.3 Å². The first-order valence-electron chi connectivity index (χ1n) is 8.34. The van der Waals surface area contributed by atoms with Gasteiger partial charge in [0.2, 0.25) is 0 Å². The largest absolute Gasteiger partial charge is 0.465 e. The Hall–Kier alpha value is -2.98. The Morgan fingerprint density at radius 3 is 2.24 bits per heavy atom. The van der Waals surface area contributed by atoms with Gasteiger partial charge in [0.1, 0.15) is 5.60 Å². The lowest BCUT2D eigenvalue weighted by atomic mass is 9.97. The molecule has 0 radical (unpaired) electrons. The Kier molecular flexibility index (Phi) is 7.87. The van der Waals surface area contributed by atoms with Crippen molar-refractivity contribution in [1.82, 2.24) is 5.01 Å². The van der Waals surface area contributed by atoms with Gasteiger partial charge in [-0.3, -0.25) is 9.59 Å². The van der Waals surface area contributed by atoms with E-state index in [4.69, 9.17) is 4.74 Å². The molecular formula is C18H20F4N2O5. The fourth-order valence-corrected chi connectivity index (χ4v) is 1.93. The maximum atomic E-state index is 13.9. The summed E-state index contributed by atoms with van der Waals surface area (Å²) in [6, 6.07) is 0.119. The molecule has 1 aromatic carbocycles. The van der Waals surface area contributed by atoms with Crippen molar-refractivity contribution in [1.29, 1.82) is 0 Å². The molecule has 0 bridgehead atoms. The second kappa shape index (κ2) is 9.48. The van der Waals surface area contributed by atoms with E-state index in [9.17, 15) is 31.9 Å². The van der Waals surface area contributed by atoms with Crippen LogP contribution in [0.3, 0.4) is 0 Å². The third-order valence-electron chi connectivity index (χ3n) is 3.24. The van der Waals surface area contributed by atoms with Crippen LogP contribution in [0.25, 0.3) is 0 Å². The molecule has 0 aliphatic carbocycles. The first kappa shape index (κ1) is 24.1. The molecule has 0 N–H and O–H groups in total. The van der Waals surface area contributed by atoms with E-state index in [2.05, 4.69) is 9.84 Å². The van der Waals surface area contributed by atoms with E-state index in [1.54, 1.807) is 20.8 Å². The first-order valence-corrected chi connectivity index (χ1v) is 8.34. The Balaban J connectivity index is 3.25. The quantitative estimate of drug-likeness (QED) is 0.103. The zero-order chi connectivity index (χ0) is 22.5. The molecular weight excluding hydrogens is 400 g/mol. The second-order valence-corrected chi connectivity index (χ2v) is 6.71. The molecule has 7 nitrogen and oxygen atoms in total. The predicted octanol–water partition coefficient (Wildman–Crippen LogP) is 3.46. The van der Waals surface area contributed by atoms with E-state index in [0.29, 0.717) is 11.2 Å². The van der Waals surface area contributed by atoms with E-state index in [1.165, 1.54) is 6.92 Å². The normalized spacial score (nSPS) is 12.6. The van der Waals surface area contributed by atoms with E-state index in [1.807, 2.05) is 0 Å². The number of hydrogen-bond acceptors (Lipinski definition) is 6. The minimum atomic E-state index is -2.21. The van der Waals surface area contributed by atoms with E-state index in [0.717, 1.165) is 7.05 Å². The number of hydrazone groups is 1. The van der Waals surface area contributed by atoms with Crippen LogP contribution in [0.5, 0.6) is 0 Å². The van der Waals surface area contributed by atoms with Crippen molar-refractivity contribution in [2.24, 2.45) is 11.0 Å². The Morgan fingerprint density at radius 1 is 1.14 bits per heavy atom. The molecule has 0 aliphatic heterocycles. The van der Waals surface area contributed by atoms with Crippen molar-refractivity contribution >= 4 is 24.1 Å². The third-order valence-corrected chi connectivity index (χ3v) is 3.24. The van der Waals surface area contributed by atoms with Gasteiger partial charge in [-0.05, 0) is 33.8 Å². The average Bonchev–Trinajstić information content (AvgIpc) is 2.61. The Labute approximate surface area is 164 Å². The summed E-state index contributed by atoms with van der Waals surface area (Å²) in [6.45, 7) is 6.02. The van der Waals surface area contributed by atoms with E-state index < -0.39 is 58.2 Å². The lowest BCUT2D eigenvalue weighted by molar-refractivity contribution is -0.144. The topological polar surface area (TPSA) is 85.3 Å². The number of hydrogen-bond donors (Lipinski definition) is 0. The molecule has 0 spiro atoms. The van der Waals surface area contributed by atoms with Crippen LogP contribution < -0.4 is 0 Å². The van der Waals surface area contributed by atoms with Crippen LogP contribution in [-0.2, 0) is 14.3 Å². The van der Waals surface area contributed by atoms with E-state index in [-0.39, 0.29) is 12.7 Å². The highest BCUT2D eigenvalue weighted by atomic mass is 19.2. The van der Waals surface area contributed by atoms with Gasteiger partial charge in [-0.25, -0.2) is 27.4 Å². The molecule has 1 atom stereocenters. The Morgan fingerprint density at radius 2 is 1.72 bits per heavy atom. The van der Waals surface area contributed by atoms with Gasteiger partial charge in [0.25, 0.3) is 0 Å². The van der Waals surface area contributed by atoms with Gasteiger partial charge in [-0.2, -0.15) is 5.10 Å². The Bertz CT molecular complexity index is 837. The minimum Gasteiger partial charge on any atom is -0.465 e. The molecule has 0 aliphatic rings. The number of rotatable bonds is 6. The molecule has 0 saturated carbocycles. The zero-order valence-corrected chi connectivity index (χ0v) is 16.4. The number of halogens is 4. The molecule has 29 heavy (non-hydrogen) atoms. The van der Waals surface area contributed by atoms with Crippen LogP contribution >= 0.6 is 0 Å². The van der Waals surface area contributed by atoms with Gasteiger partial charge in [0.15, 0.2) is 35.0 Å². The summed E-state index contributed by atoms with van der Waals surface area (Å²) in [6.07, 6.45) is -0.308. The van der Waals surface area contributed by atoms with Crippen molar-refractivity contribution in [3.05, 3.63) is 34.9 Å². The first-order chi connectivity index (χ1) is 13.3. The maximum absolute atomic E-state index is 13.9. The highest BCUT2D eigenvalue weighted by molar-refractivity contribution is 6.18. The number of benzene rings is 1. The van der Waals surface area contributed by atoms with Gasteiger partial charge in [-0.15, -0.1) is 0 Å². The molecule has 0 saturated heterocycles. The summed E-state index contributed by atoms with van der Waals surface area (Å²) >= 11 is 0.